The number of thioether (sulfide) groups is 1. The van der Waals surface area contributed by atoms with Crippen LogP contribution in [-0.2, 0) is 14.4 Å². The van der Waals surface area contributed by atoms with E-state index in [4.69, 9.17) is 26.5 Å². The van der Waals surface area contributed by atoms with Crippen LogP contribution in [0.25, 0.3) is 17.4 Å². The summed E-state index contributed by atoms with van der Waals surface area (Å²) in [6.07, 6.45) is 0.485. The highest BCUT2D eigenvalue weighted by Gasteiger charge is 2.41. The fourth-order valence-corrected chi connectivity index (χ4v) is 4.24. The average molecular weight is 478 g/mol. The van der Waals surface area contributed by atoms with Gasteiger partial charge in [0.15, 0.2) is 0 Å². The van der Waals surface area contributed by atoms with Crippen molar-refractivity contribution in [2.75, 3.05) is 7.11 Å². The summed E-state index contributed by atoms with van der Waals surface area (Å²) in [6, 6.07) is 5.54. The van der Waals surface area contributed by atoms with Gasteiger partial charge >= 0.3 is 11.9 Å². The Morgan fingerprint density at radius 2 is 2.06 bits per heavy atom. The zero-order valence-corrected chi connectivity index (χ0v) is 17.8. The lowest BCUT2D eigenvalue weighted by Gasteiger charge is -2.21. The minimum atomic E-state index is -1.65. The first-order valence-corrected chi connectivity index (χ1v) is 9.99. The first-order valence-electron chi connectivity index (χ1n) is 8.76. The molecule has 1 aliphatic heterocycles. The lowest BCUT2D eigenvalue weighted by molar-refractivity contribution is -0.384. The molecular formula is C19H14N2O9S2. The summed E-state index contributed by atoms with van der Waals surface area (Å²) in [5, 5.41) is 29.6. The molecule has 1 atom stereocenters. The number of nitro benzene ring substituents is 1. The van der Waals surface area contributed by atoms with Crippen molar-refractivity contribution in [2.24, 2.45) is 0 Å². The molecule has 1 amide bonds. The topological polar surface area (TPSA) is 160 Å². The predicted octanol–water partition coefficient (Wildman–Crippen LogP) is 2.99. The number of thiocarbonyl (C=S) groups is 1. The van der Waals surface area contributed by atoms with Gasteiger partial charge in [-0.05, 0) is 24.3 Å². The molecule has 0 radical (unpaired) electrons. The van der Waals surface area contributed by atoms with Crippen LogP contribution in [0.5, 0.6) is 5.75 Å². The van der Waals surface area contributed by atoms with E-state index in [-0.39, 0.29) is 32.0 Å². The van der Waals surface area contributed by atoms with Gasteiger partial charge in [-0.15, -0.1) is 0 Å². The molecule has 3 rings (SSSR count). The van der Waals surface area contributed by atoms with Crippen molar-refractivity contribution in [3.05, 3.63) is 51.1 Å². The third-order valence-corrected chi connectivity index (χ3v) is 5.69. The number of nitro groups is 1. The fraction of sp³-hybridized carbons (Fsp3) is 0.158. The second kappa shape index (κ2) is 9.20. The Balaban J connectivity index is 1.91. The number of methoxy groups -OCH3 is 1. The van der Waals surface area contributed by atoms with Crippen molar-refractivity contribution < 1.29 is 38.7 Å². The Kier molecular flexibility index (Phi) is 6.60. The molecule has 1 saturated heterocycles. The number of benzene rings is 1. The summed E-state index contributed by atoms with van der Waals surface area (Å²) in [5.74, 6) is -3.05. The van der Waals surface area contributed by atoms with Crippen LogP contribution >= 0.6 is 24.0 Å². The van der Waals surface area contributed by atoms with Crippen molar-refractivity contribution in [3.8, 4) is 17.1 Å². The molecule has 11 nitrogen and oxygen atoms in total. The fourth-order valence-electron chi connectivity index (χ4n) is 2.91. The van der Waals surface area contributed by atoms with E-state index in [2.05, 4.69) is 0 Å². The van der Waals surface area contributed by atoms with E-state index >= 15 is 0 Å². The summed E-state index contributed by atoms with van der Waals surface area (Å²) in [5.41, 5.74) is -0.0510. The van der Waals surface area contributed by atoms with Gasteiger partial charge < -0.3 is 19.4 Å². The molecule has 1 fully saturated rings. The Morgan fingerprint density at radius 3 is 2.66 bits per heavy atom. The monoisotopic (exact) mass is 478 g/mol. The molecule has 0 spiro atoms. The second-order valence-corrected chi connectivity index (χ2v) is 8.02. The molecule has 2 heterocycles. The van der Waals surface area contributed by atoms with Crippen LogP contribution in [0.3, 0.4) is 0 Å². The minimum absolute atomic E-state index is 0.0248. The van der Waals surface area contributed by atoms with E-state index in [1.54, 1.807) is 0 Å². The van der Waals surface area contributed by atoms with Crippen molar-refractivity contribution in [1.29, 1.82) is 0 Å². The predicted molar refractivity (Wildman–Crippen MR) is 116 cm³/mol. The van der Waals surface area contributed by atoms with E-state index in [1.165, 1.54) is 43.5 Å². The zero-order chi connectivity index (χ0) is 23.6. The summed E-state index contributed by atoms with van der Waals surface area (Å²) >= 11 is 5.86. The van der Waals surface area contributed by atoms with E-state index in [0.29, 0.717) is 5.75 Å². The number of nitrogens with zero attached hydrogens (tertiary/aromatic N) is 2. The highest BCUT2D eigenvalue weighted by molar-refractivity contribution is 8.26. The molecule has 1 aromatic heterocycles. The van der Waals surface area contributed by atoms with Crippen molar-refractivity contribution in [1.82, 2.24) is 4.90 Å². The van der Waals surface area contributed by atoms with E-state index in [1.807, 2.05) is 0 Å². The number of hydrogen-bond donors (Lipinski definition) is 2. The van der Waals surface area contributed by atoms with Gasteiger partial charge in [0, 0.05) is 6.08 Å². The molecule has 1 aliphatic rings. The molecule has 13 heteroatoms. The van der Waals surface area contributed by atoms with E-state index in [0.717, 1.165) is 16.7 Å². The van der Waals surface area contributed by atoms with Crippen LogP contribution in [0.2, 0.25) is 0 Å². The van der Waals surface area contributed by atoms with Gasteiger partial charge in [-0.2, -0.15) is 0 Å². The van der Waals surface area contributed by atoms with Crippen molar-refractivity contribution in [3.63, 3.8) is 0 Å². The minimum Gasteiger partial charge on any atom is -0.497 e. The van der Waals surface area contributed by atoms with Crippen LogP contribution in [0.15, 0.2) is 39.7 Å². The number of ether oxygens (including phenoxy) is 1. The third kappa shape index (κ3) is 4.63. The number of carboxylic acids is 2. The molecule has 0 bridgehead atoms. The number of furan rings is 1. The Morgan fingerprint density at radius 1 is 1.34 bits per heavy atom. The molecule has 0 aliphatic carbocycles. The highest BCUT2D eigenvalue weighted by Crippen LogP contribution is 2.37. The number of carbonyl (C=O) groups is 3. The largest absolute Gasteiger partial charge is 0.497 e. The zero-order valence-electron chi connectivity index (χ0n) is 16.2. The smallest absolute Gasteiger partial charge is 0.327 e. The molecule has 2 N–H and O–H groups in total. The summed E-state index contributed by atoms with van der Waals surface area (Å²) in [4.78, 5) is 46.7. The van der Waals surface area contributed by atoms with E-state index in [9.17, 15) is 29.6 Å². The molecule has 2 aromatic rings. The van der Waals surface area contributed by atoms with Crippen LogP contribution in [-0.4, -0.2) is 55.4 Å². The molecule has 1 aromatic carbocycles. The number of amides is 1. The average Bonchev–Trinajstić information content (AvgIpc) is 3.30. The number of aliphatic carboxylic acids is 2. The number of carbonyl (C=O) groups excluding carboxylic acids is 1. The molecule has 166 valence electrons. The van der Waals surface area contributed by atoms with Crippen molar-refractivity contribution >= 4 is 57.9 Å². The Labute approximate surface area is 189 Å². The summed E-state index contributed by atoms with van der Waals surface area (Å²) in [6.45, 7) is 0. The number of hydrogen-bond acceptors (Lipinski definition) is 9. The van der Waals surface area contributed by atoms with Gasteiger partial charge in [-0.1, -0.05) is 24.0 Å². The highest BCUT2D eigenvalue weighted by atomic mass is 32.2. The lowest BCUT2D eigenvalue weighted by Crippen LogP contribution is -2.45. The molecule has 0 saturated carbocycles. The quantitative estimate of drug-likeness (QED) is 0.248. The van der Waals surface area contributed by atoms with Gasteiger partial charge in [0.2, 0.25) is 0 Å². The SMILES string of the molecule is COc1ccc(-c2ccc(/C=C3\SC(=S)N(C(CC(=O)O)C(=O)O)C3=O)o2)c([N+](=O)[O-])c1. The summed E-state index contributed by atoms with van der Waals surface area (Å²) < 4.78 is 10.5. The van der Waals surface area contributed by atoms with Crippen LogP contribution < -0.4 is 4.74 Å². The first kappa shape index (κ1) is 23.0. The maximum Gasteiger partial charge on any atom is 0.327 e. The Hall–Kier alpha value is -3.71. The Bertz CT molecular complexity index is 1170. The van der Waals surface area contributed by atoms with Gasteiger partial charge in [-0.25, -0.2) is 4.79 Å². The number of rotatable bonds is 8. The van der Waals surface area contributed by atoms with Gasteiger partial charge in [0.25, 0.3) is 11.6 Å². The third-order valence-electron chi connectivity index (χ3n) is 4.36. The molecular weight excluding hydrogens is 464 g/mol. The van der Waals surface area contributed by atoms with E-state index < -0.39 is 35.2 Å². The van der Waals surface area contributed by atoms with Crippen LogP contribution in [0.4, 0.5) is 5.69 Å². The normalized spacial score (nSPS) is 15.8. The van der Waals surface area contributed by atoms with Crippen LogP contribution in [0, 0.1) is 10.1 Å². The van der Waals surface area contributed by atoms with Crippen molar-refractivity contribution in [2.45, 2.75) is 12.5 Å². The van der Waals surface area contributed by atoms with Gasteiger partial charge in [-0.3, -0.25) is 24.6 Å². The van der Waals surface area contributed by atoms with Gasteiger partial charge in [0.05, 0.1) is 35.0 Å². The maximum atomic E-state index is 12.7. The number of carboxylic acid groups (broad SMARTS) is 2. The summed E-state index contributed by atoms with van der Waals surface area (Å²) in [7, 11) is 1.38. The van der Waals surface area contributed by atoms with Crippen LogP contribution in [0.1, 0.15) is 12.2 Å². The molecule has 1 unspecified atom stereocenters. The first-order chi connectivity index (χ1) is 15.1. The lowest BCUT2D eigenvalue weighted by atomic mass is 10.1. The standard InChI is InChI=1S/C19H14N2O9S2/c1-29-9-2-4-11(12(6-9)21(27)28)14-5-3-10(30-14)7-15-17(24)20(19(31)32-15)13(18(25)26)8-16(22)23/h2-7,13H,8H2,1H3,(H,22,23)(H,25,26)/b15-7-. The van der Waals surface area contributed by atoms with Gasteiger partial charge in [0.1, 0.15) is 27.6 Å². The molecule has 32 heavy (non-hydrogen) atoms. The second-order valence-electron chi connectivity index (χ2n) is 6.35. The maximum absolute atomic E-state index is 12.7.